The third-order valence-corrected chi connectivity index (χ3v) is 7.39. The molecule has 2 unspecified atom stereocenters. The van der Waals surface area contributed by atoms with E-state index in [1.165, 1.54) is 24.1 Å². The van der Waals surface area contributed by atoms with Gasteiger partial charge in [0.15, 0.2) is 0 Å². The van der Waals surface area contributed by atoms with Gasteiger partial charge in [-0.25, -0.2) is 4.98 Å². The van der Waals surface area contributed by atoms with Gasteiger partial charge in [-0.2, -0.15) is 0 Å². The number of thiazole rings is 1. The Kier molecular flexibility index (Phi) is 5.11. The number of carbonyl (C=O) groups excluding carboxylic acids is 1. The fourth-order valence-corrected chi connectivity index (χ4v) is 5.91. The lowest BCUT2D eigenvalue weighted by molar-refractivity contribution is -0.140. The summed E-state index contributed by atoms with van der Waals surface area (Å²) < 4.78 is 0. The molecule has 2 bridgehead atoms. The molecular weight excluding hydrogens is 332 g/mol. The average molecular weight is 363 g/mol. The van der Waals surface area contributed by atoms with Crippen molar-refractivity contribution < 1.29 is 4.79 Å². The largest absolute Gasteiger partial charge is 0.340 e. The quantitative estimate of drug-likeness (QED) is 0.896. The summed E-state index contributed by atoms with van der Waals surface area (Å²) in [7, 11) is 0. The van der Waals surface area contributed by atoms with Gasteiger partial charge in [-0.15, -0.1) is 11.3 Å². The van der Waals surface area contributed by atoms with E-state index in [0.717, 1.165) is 50.6 Å². The predicted molar refractivity (Wildman–Crippen MR) is 100 cm³/mol. The second-order valence-corrected chi connectivity index (χ2v) is 9.46. The van der Waals surface area contributed by atoms with E-state index in [4.69, 9.17) is 5.73 Å². The average Bonchev–Trinajstić information content (AvgIpc) is 2.99. The predicted octanol–water partition coefficient (Wildman–Crippen LogP) is 2.25. The van der Waals surface area contributed by atoms with Crippen molar-refractivity contribution >= 4 is 17.2 Å². The van der Waals surface area contributed by atoms with Crippen molar-refractivity contribution in [3.8, 4) is 0 Å². The van der Waals surface area contributed by atoms with Crippen LogP contribution in [0.15, 0.2) is 6.20 Å². The molecule has 138 valence electrons. The summed E-state index contributed by atoms with van der Waals surface area (Å²) in [6.45, 7) is 6.71. The Morgan fingerprint density at radius 2 is 1.92 bits per heavy atom. The van der Waals surface area contributed by atoms with E-state index in [-0.39, 0.29) is 5.92 Å². The maximum Gasteiger partial charge on any atom is 0.225 e. The van der Waals surface area contributed by atoms with Gasteiger partial charge in [0.25, 0.3) is 0 Å². The normalized spacial score (nSPS) is 33.4. The molecular formula is C19H30N4OS. The van der Waals surface area contributed by atoms with Crippen LogP contribution in [0.5, 0.6) is 0 Å². The van der Waals surface area contributed by atoms with Crippen LogP contribution in [0.25, 0.3) is 0 Å². The number of amides is 1. The second kappa shape index (κ2) is 7.33. The molecule has 6 heteroatoms. The zero-order chi connectivity index (χ0) is 17.4. The molecule has 2 N–H and O–H groups in total. The minimum atomic E-state index is 0.228. The Morgan fingerprint density at radius 3 is 2.52 bits per heavy atom. The molecule has 25 heavy (non-hydrogen) atoms. The smallest absolute Gasteiger partial charge is 0.225 e. The van der Waals surface area contributed by atoms with Crippen LogP contribution < -0.4 is 5.73 Å². The van der Waals surface area contributed by atoms with Crippen LogP contribution in [0, 0.1) is 24.7 Å². The summed E-state index contributed by atoms with van der Waals surface area (Å²) in [5.41, 5.74) is 6.38. The molecule has 3 aliphatic rings. The van der Waals surface area contributed by atoms with Gasteiger partial charge in [0.1, 0.15) is 0 Å². The number of nitrogens with two attached hydrogens (primary N) is 1. The topological polar surface area (TPSA) is 62.5 Å². The lowest BCUT2D eigenvalue weighted by Gasteiger charge is -2.45. The van der Waals surface area contributed by atoms with E-state index in [2.05, 4.69) is 21.7 Å². The van der Waals surface area contributed by atoms with Crippen LogP contribution in [-0.4, -0.2) is 52.9 Å². The van der Waals surface area contributed by atoms with Crippen molar-refractivity contribution in [1.29, 1.82) is 0 Å². The zero-order valence-corrected chi connectivity index (χ0v) is 16.0. The van der Waals surface area contributed by atoms with Crippen LogP contribution in [0.2, 0.25) is 0 Å². The maximum absolute atomic E-state index is 13.0. The van der Waals surface area contributed by atoms with Crippen LogP contribution in [0.4, 0.5) is 0 Å². The second-order valence-electron chi connectivity index (χ2n) is 8.14. The number of rotatable bonds is 3. The minimum Gasteiger partial charge on any atom is -0.340 e. The fourth-order valence-electron chi connectivity index (χ4n) is 5.07. The number of aromatic nitrogens is 1. The molecule has 2 heterocycles. The molecule has 4 rings (SSSR count). The molecule has 1 aromatic heterocycles. The Bertz CT molecular complexity index is 596. The van der Waals surface area contributed by atoms with Gasteiger partial charge in [-0.3, -0.25) is 9.69 Å². The van der Waals surface area contributed by atoms with E-state index in [0.29, 0.717) is 23.8 Å². The van der Waals surface area contributed by atoms with Gasteiger partial charge in [0.05, 0.1) is 5.01 Å². The van der Waals surface area contributed by atoms with Crippen molar-refractivity contribution in [2.24, 2.45) is 23.5 Å². The number of piperazine rings is 1. The van der Waals surface area contributed by atoms with E-state index >= 15 is 0 Å². The van der Waals surface area contributed by atoms with Crippen LogP contribution in [-0.2, 0) is 11.3 Å². The third-order valence-electron chi connectivity index (χ3n) is 6.49. The van der Waals surface area contributed by atoms with E-state index in [1.54, 1.807) is 11.3 Å². The van der Waals surface area contributed by atoms with Gasteiger partial charge in [-0.1, -0.05) is 6.42 Å². The number of carbonyl (C=O) groups is 1. The summed E-state index contributed by atoms with van der Waals surface area (Å²) in [5.74, 6) is 1.79. The Labute approximate surface area is 154 Å². The zero-order valence-electron chi connectivity index (χ0n) is 15.2. The highest BCUT2D eigenvalue weighted by Gasteiger charge is 2.41. The maximum atomic E-state index is 13.0. The molecule has 2 saturated carbocycles. The standard InChI is InChI=1S/C19H30N4OS/c1-13-21-11-17(25-13)12-22-5-7-23(8-6-22)19(24)16-9-14-3-2-4-15(10-16)18(14)20/h11,14-16,18H,2-10,12,20H2,1H3. The Balaban J connectivity index is 1.29. The van der Waals surface area contributed by atoms with Gasteiger partial charge in [0.2, 0.25) is 5.91 Å². The molecule has 5 nitrogen and oxygen atoms in total. The van der Waals surface area contributed by atoms with Crippen molar-refractivity contribution in [1.82, 2.24) is 14.8 Å². The first-order chi connectivity index (χ1) is 12.1. The number of fused-ring (bicyclic) bond motifs is 2. The number of nitrogens with zero attached hydrogens (tertiary/aromatic N) is 3. The number of hydrogen-bond donors (Lipinski definition) is 1. The lowest BCUT2D eigenvalue weighted by atomic mass is 9.65. The highest BCUT2D eigenvalue weighted by Crippen LogP contribution is 2.42. The van der Waals surface area contributed by atoms with Gasteiger partial charge < -0.3 is 10.6 Å². The molecule has 1 aromatic rings. The summed E-state index contributed by atoms with van der Waals surface area (Å²) in [4.78, 5) is 23.2. The van der Waals surface area contributed by atoms with Crippen molar-refractivity contribution in [3.05, 3.63) is 16.1 Å². The molecule has 1 aliphatic heterocycles. The third kappa shape index (κ3) is 3.76. The molecule has 2 atom stereocenters. The summed E-state index contributed by atoms with van der Waals surface area (Å²) >= 11 is 1.78. The first-order valence-electron chi connectivity index (χ1n) is 9.78. The first-order valence-corrected chi connectivity index (χ1v) is 10.6. The van der Waals surface area contributed by atoms with Gasteiger partial charge >= 0.3 is 0 Å². The van der Waals surface area contributed by atoms with Crippen molar-refractivity contribution in [3.63, 3.8) is 0 Å². The molecule has 1 amide bonds. The van der Waals surface area contributed by atoms with E-state index in [9.17, 15) is 4.79 Å². The van der Waals surface area contributed by atoms with E-state index in [1.807, 2.05) is 6.20 Å². The first kappa shape index (κ1) is 17.4. The van der Waals surface area contributed by atoms with Gasteiger partial charge in [0, 0.05) is 55.8 Å². The fraction of sp³-hybridized carbons (Fsp3) is 0.789. The monoisotopic (exact) mass is 362 g/mol. The van der Waals surface area contributed by atoms with Crippen molar-refractivity contribution in [2.45, 2.75) is 51.6 Å². The molecule has 0 radical (unpaired) electrons. The molecule has 3 fully saturated rings. The highest BCUT2D eigenvalue weighted by atomic mass is 32.1. The molecule has 0 aromatic carbocycles. The van der Waals surface area contributed by atoms with Gasteiger partial charge in [-0.05, 0) is 44.4 Å². The van der Waals surface area contributed by atoms with Crippen LogP contribution in [0.1, 0.15) is 42.0 Å². The summed E-state index contributed by atoms with van der Waals surface area (Å²) in [6.07, 6.45) is 7.79. The summed E-state index contributed by atoms with van der Waals surface area (Å²) in [6, 6.07) is 0.345. The summed E-state index contributed by atoms with van der Waals surface area (Å²) in [5, 5.41) is 1.13. The van der Waals surface area contributed by atoms with Crippen molar-refractivity contribution in [2.75, 3.05) is 26.2 Å². The number of aryl methyl sites for hydroxylation is 1. The van der Waals surface area contributed by atoms with Crippen LogP contribution in [0.3, 0.4) is 0 Å². The van der Waals surface area contributed by atoms with Crippen LogP contribution >= 0.6 is 11.3 Å². The SMILES string of the molecule is Cc1ncc(CN2CCN(C(=O)C3CC4CCCC(C3)C4N)CC2)s1. The highest BCUT2D eigenvalue weighted by molar-refractivity contribution is 7.11. The lowest BCUT2D eigenvalue weighted by Crippen LogP contribution is -2.53. The minimum absolute atomic E-state index is 0.228. The molecule has 2 aliphatic carbocycles. The number of hydrogen-bond acceptors (Lipinski definition) is 5. The molecule has 1 saturated heterocycles. The Morgan fingerprint density at radius 1 is 1.24 bits per heavy atom. The molecule has 0 spiro atoms. The van der Waals surface area contributed by atoms with E-state index < -0.39 is 0 Å². The Hall–Kier alpha value is -0.980.